The number of likely N-dealkylation sites (N-methyl/N-ethyl adjacent to an activating group) is 1. The van der Waals surface area contributed by atoms with Crippen LogP contribution in [-0.4, -0.2) is 31.5 Å². The van der Waals surface area contributed by atoms with E-state index >= 15 is 0 Å². The number of amides is 1. The van der Waals surface area contributed by atoms with Crippen molar-refractivity contribution in [2.45, 2.75) is 13.1 Å². The Balaban J connectivity index is 1.86. The molecule has 2 aromatic carbocycles. The lowest BCUT2D eigenvalue weighted by atomic mass is 10.2. The van der Waals surface area contributed by atoms with Gasteiger partial charge in [-0.15, -0.1) is 0 Å². The lowest BCUT2D eigenvalue weighted by molar-refractivity contribution is -0.122. The second-order valence-electron chi connectivity index (χ2n) is 5.54. The molecule has 1 N–H and O–H groups in total. The summed E-state index contributed by atoms with van der Waals surface area (Å²) in [5.41, 5.74) is 1.63. The first-order chi connectivity index (χ1) is 11.5. The summed E-state index contributed by atoms with van der Waals surface area (Å²) in [6.45, 7) is 1.03. The average molecular weight is 351 g/mol. The predicted molar refractivity (Wildman–Crippen MR) is 92.6 cm³/mol. The molecule has 24 heavy (non-hydrogen) atoms. The largest absolute Gasteiger partial charge is 0.496 e. The lowest BCUT2D eigenvalue weighted by Crippen LogP contribution is -2.34. The fourth-order valence-electron chi connectivity index (χ4n) is 2.38. The number of halogens is 2. The van der Waals surface area contributed by atoms with Crippen LogP contribution in [0.15, 0.2) is 42.5 Å². The third-order valence-corrected chi connectivity index (χ3v) is 3.71. The van der Waals surface area contributed by atoms with Crippen LogP contribution in [-0.2, 0) is 17.9 Å². The molecule has 2 rings (SSSR count). The molecule has 0 aliphatic heterocycles. The van der Waals surface area contributed by atoms with E-state index in [1.807, 2.05) is 18.0 Å². The van der Waals surface area contributed by atoms with E-state index in [1.54, 1.807) is 31.4 Å². The van der Waals surface area contributed by atoms with E-state index in [1.165, 1.54) is 12.1 Å². The molecule has 0 radical (unpaired) electrons. The number of nitrogens with zero attached hydrogens (tertiary/aromatic N) is 1. The summed E-state index contributed by atoms with van der Waals surface area (Å²) < 4.78 is 18.4. The quantitative estimate of drug-likeness (QED) is 0.833. The molecule has 0 aliphatic rings. The van der Waals surface area contributed by atoms with Crippen LogP contribution in [0.4, 0.5) is 4.39 Å². The highest BCUT2D eigenvalue weighted by Crippen LogP contribution is 2.22. The fraction of sp³-hybridized carbons (Fsp3) is 0.278. The molecule has 0 aromatic heterocycles. The molecule has 0 bridgehead atoms. The van der Waals surface area contributed by atoms with Gasteiger partial charge < -0.3 is 10.1 Å². The van der Waals surface area contributed by atoms with Gasteiger partial charge in [0.15, 0.2) is 0 Å². The summed E-state index contributed by atoms with van der Waals surface area (Å²) in [7, 11) is 3.38. The van der Waals surface area contributed by atoms with Gasteiger partial charge in [-0.05, 0) is 42.9 Å². The van der Waals surface area contributed by atoms with Gasteiger partial charge in [0.25, 0.3) is 0 Å². The number of methoxy groups -OCH3 is 1. The molecule has 0 saturated carbocycles. The normalized spacial score (nSPS) is 10.7. The van der Waals surface area contributed by atoms with E-state index in [4.69, 9.17) is 16.3 Å². The Morgan fingerprint density at radius 3 is 2.79 bits per heavy atom. The van der Waals surface area contributed by atoms with Gasteiger partial charge in [-0.1, -0.05) is 23.7 Å². The van der Waals surface area contributed by atoms with Crippen LogP contribution < -0.4 is 10.1 Å². The monoisotopic (exact) mass is 350 g/mol. The van der Waals surface area contributed by atoms with E-state index in [-0.39, 0.29) is 18.3 Å². The minimum Gasteiger partial charge on any atom is -0.496 e. The van der Waals surface area contributed by atoms with Crippen molar-refractivity contribution in [1.82, 2.24) is 10.2 Å². The summed E-state index contributed by atoms with van der Waals surface area (Å²) in [4.78, 5) is 13.9. The first-order valence-electron chi connectivity index (χ1n) is 7.50. The highest BCUT2D eigenvalue weighted by atomic mass is 35.5. The maximum atomic E-state index is 13.2. The number of carbonyl (C=O) groups excluding carboxylic acids is 1. The molecular weight excluding hydrogens is 331 g/mol. The smallest absolute Gasteiger partial charge is 0.234 e. The number of rotatable bonds is 7. The van der Waals surface area contributed by atoms with Crippen molar-refractivity contribution in [3.63, 3.8) is 0 Å². The minimum atomic E-state index is -0.279. The second kappa shape index (κ2) is 8.66. The van der Waals surface area contributed by atoms with E-state index < -0.39 is 0 Å². The van der Waals surface area contributed by atoms with Crippen molar-refractivity contribution < 1.29 is 13.9 Å². The number of nitrogens with one attached hydrogen (secondary N) is 1. The Hall–Kier alpha value is -2.11. The van der Waals surface area contributed by atoms with Crippen molar-refractivity contribution in [3.05, 3.63) is 64.4 Å². The third kappa shape index (κ3) is 5.51. The summed E-state index contributed by atoms with van der Waals surface area (Å²) in [5.74, 6) is 0.266. The summed E-state index contributed by atoms with van der Waals surface area (Å²) >= 11 is 5.97. The van der Waals surface area contributed by atoms with Crippen molar-refractivity contribution in [1.29, 1.82) is 0 Å². The van der Waals surface area contributed by atoms with Gasteiger partial charge in [0.2, 0.25) is 5.91 Å². The number of benzene rings is 2. The van der Waals surface area contributed by atoms with Crippen LogP contribution in [0.25, 0.3) is 0 Å². The molecule has 0 fully saturated rings. The second-order valence-corrected chi connectivity index (χ2v) is 5.97. The maximum Gasteiger partial charge on any atom is 0.234 e. The van der Waals surface area contributed by atoms with Gasteiger partial charge in [-0.2, -0.15) is 0 Å². The highest BCUT2D eigenvalue weighted by molar-refractivity contribution is 6.30. The van der Waals surface area contributed by atoms with Gasteiger partial charge >= 0.3 is 0 Å². The number of hydrogen-bond donors (Lipinski definition) is 1. The van der Waals surface area contributed by atoms with E-state index in [0.29, 0.717) is 23.9 Å². The Bertz CT molecular complexity index is 709. The number of hydrogen-bond acceptors (Lipinski definition) is 3. The number of ether oxygens (including phenoxy) is 1. The Morgan fingerprint density at radius 1 is 1.29 bits per heavy atom. The molecule has 0 unspecified atom stereocenters. The van der Waals surface area contributed by atoms with Crippen molar-refractivity contribution in [3.8, 4) is 5.75 Å². The molecular formula is C18H20ClFN2O2. The molecule has 128 valence electrons. The average Bonchev–Trinajstić information content (AvgIpc) is 2.53. The predicted octanol–water partition coefficient (Wildman–Crippen LogP) is 3.24. The minimum absolute atomic E-state index is 0.129. The fourth-order valence-corrected chi connectivity index (χ4v) is 2.58. The van der Waals surface area contributed by atoms with Gasteiger partial charge in [-0.3, -0.25) is 9.69 Å². The van der Waals surface area contributed by atoms with E-state index in [9.17, 15) is 9.18 Å². The van der Waals surface area contributed by atoms with Crippen LogP contribution in [0.2, 0.25) is 5.02 Å². The van der Waals surface area contributed by atoms with E-state index in [2.05, 4.69) is 5.32 Å². The van der Waals surface area contributed by atoms with Gasteiger partial charge in [0.05, 0.1) is 13.7 Å². The van der Waals surface area contributed by atoms with Crippen LogP contribution in [0, 0.1) is 5.82 Å². The van der Waals surface area contributed by atoms with Crippen LogP contribution in [0.1, 0.15) is 11.1 Å². The summed E-state index contributed by atoms with van der Waals surface area (Å²) in [6, 6.07) is 11.6. The first kappa shape index (κ1) is 18.2. The van der Waals surface area contributed by atoms with E-state index in [0.717, 1.165) is 11.1 Å². The van der Waals surface area contributed by atoms with Crippen LogP contribution >= 0.6 is 11.6 Å². The molecule has 2 aromatic rings. The Morgan fingerprint density at radius 2 is 2.08 bits per heavy atom. The maximum absolute atomic E-state index is 13.2. The molecule has 4 nitrogen and oxygen atoms in total. The van der Waals surface area contributed by atoms with Gasteiger partial charge in [0, 0.05) is 23.7 Å². The Kier molecular flexibility index (Phi) is 6.58. The SMILES string of the molecule is COc1ccc(Cl)cc1CNC(=O)CN(C)Cc1cccc(F)c1. The molecule has 1 amide bonds. The molecule has 0 aliphatic carbocycles. The zero-order chi connectivity index (χ0) is 17.5. The summed E-state index contributed by atoms with van der Waals surface area (Å²) in [5, 5.41) is 3.42. The Labute approximate surface area is 146 Å². The molecule has 6 heteroatoms. The number of carbonyl (C=O) groups is 1. The van der Waals surface area contributed by atoms with Crippen LogP contribution in [0.5, 0.6) is 5.75 Å². The standard InChI is InChI=1S/C18H20ClFN2O2/c1-22(11-13-4-3-5-16(20)8-13)12-18(23)21-10-14-9-15(19)6-7-17(14)24-2/h3-9H,10-12H2,1-2H3,(H,21,23). The van der Waals surface area contributed by atoms with Gasteiger partial charge in [-0.25, -0.2) is 4.39 Å². The lowest BCUT2D eigenvalue weighted by Gasteiger charge is -2.17. The van der Waals surface area contributed by atoms with Gasteiger partial charge in [0.1, 0.15) is 11.6 Å². The highest BCUT2D eigenvalue weighted by Gasteiger charge is 2.09. The third-order valence-electron chi connectivity index (χ3n) is 3.47. The first-order valence-corrected chi connectivity index (χ1v) is 7.88. The molecule has 0 spiro atoms. The zero-order valence-corrected chi connectivity index (χ0v) is 14.4. The van der Waals surface area contributed by atoms with Crippen LogP contribution in [0.3, 0.4) is 0 Å². The zero-order valence-electron chi connectivity index (χ0n) is 13.7. The molecule has 0 heterocycles. The molecule has 0 saturated heterocycles. The van der Waals surface area contributed by atoms with Crippen molar-refractivity contribution in [2.24, 2.45) is 0 Å². The summed E-state index contributed by atoms with van der Waals surface area (Å²) in [6.07, 6.45) is 0. The molecule has 0 atom stereocenters. The van der Waals surface area contributed by atoms with Crippen molar-refractivity contribution >= 4 is 17.5 Å². The van der Waals surface area contributed by atoms with Crippen molar-refractivity contribution in [2.75, 3.05) is 20.7 Å². The topological polar surface area (TPSA) is 41.6 Å².